The first-order chi connectivity index (χ1) is 8.22. The van der Waals surface area contributed by atoms with Crippen molar-refractivity contribution >= 4 is 5.78 Å². The van der Waals surface area contributed by atoms with Crippen molar-refractivity contribution in [2.45, 2.75) is 0 Å². The number of methoxy groups -OCH3 is 1. The number of aromatic hydroxyl groups is 1. The molecule has 2 aromatic carbocycles. The third-order valence-corrected chi connectivity index (χ3v) is 2.46. The van der Waals surface area contributed by atoms with Crippen LogP contribution in [-0.2, 0) is 0 Å². The highest BCUT2D eigenvalue weighted by Crippen LogP contribution is 2.22. The Labute approximate surface area is 99.3 Å². The van der Waals surface area contributed by atoms with Crippen molar-refractivity contribution < 1.29 is 14.6 Å². The highest BCUT2D eigenvalue weighted by atomic mass is 16.5. The van der Waals surface area contributed by atoms with Crippen LogP contribution in [0.3, 0.4) is 0 Å². The Kier molecular flexibility index (Phi) is 3.10. The monoisotopic (exact) mass is 228 g/mol. The summed E-state index contributed by atoms with van der Waals surface area (Å²) in [6.07, 6.45) is 0. The largest absolute Gasteiger partial charge is 0.508 e. The number of benzene rings is 2. The molecule has 1 N–H and O–H groups in total. The van der Waals surface area contributed by atoms with Gasteiger partial charge in [-0.3, -0.25) is 4.79 Å². The number of carbonyl (C=O) groups excluding carboxylic acids is 1. The Hall–Kier alpha value is -2.29. The van der Waals surface area contributed by atoms with Crippen molar-refractivity contribution in [3.63, 3.8) is 0 Å². The van der Waals surface area contributed by atoms with Gasteiger partial charge in [-0.25, -0.2) is 0 Å². The lowest BCUT2D eigenvalue weighted by molar-refractivity contribution is 0.103. The molecule has 0 spiro atoms. The Morgan fingerprint density at radius 1 is 1.12 bits per heavy atom. The number of para-hydroxylation sites is 1. The number of ketones is 1. The minimum absolute atomic E-state index is 0.0748. The van der Waals surface area contributed by atoms with Gasteiger partial charge >= 0.3 is 0 Å². The van der Waals surface area contributed by atoms with E-state index >= 15 is 0 Å². The quantitative estimate of drug-likeness (QED) is 0.821. The highest BCUT2D eigenvalue weighted by molar-refractivity contribution is 6.10. The number of hydrogen-bond acceptors (Lipinski definition) is 3. The molecule has 0 aliphatic carbocycles. The van der Waals surface area contributed by atoms with Gasteiger partial charge in [0.15, 0.2) is 5.78 Å². The zero-order valence-corrected chi connectivity index (χ0v) is 9.38. The van der Waals surface area contributed by atoms with Gasteiger partial charge in [0.25, 0.3) is 0 Å². The molecular weight excluding hydrogens is 216 g/mol. The number of hydrogen-bond donors (Lipinski definition) is 1. The Morgan fingerprint density at radius 3 is 2.59 bits per heavy atom. The van der Waals surface area contributed by atoms with Gasteiger partial charge in [0.2, 0.25) is 0 Å². The zero-order valence-electron chi connectivity index (χ0n) is 9.38. The summed E-state index contributed by atoms with van der Waals surface area (Å²) in [5.41, 5.74) is 0.926. The lowest BCUT2D eigenvalue weighted by atomic mass is 10.0. The first-order valence-corrected chi connectivity index (χ1v) is 5.19. The van der Waals surface area contributed by atoms with Crippen molar-refractivity contribution in [2.75, 3.05) is 7.11 Å². The van der Waals surface area contributed by atoms with Gasteiger partial charge in [0.1, 0.15) is 11.5 Å². The Morgan fingerprint density at radius 2 is 1.88 bits per heavy atom. The van der Waals surface area contributed by atoms with E-state index in [1.54, 1.807) is 36.4 Å². The molecule has 0 aliphatic rings. The summed E-state index contributed by atoms with van der Waals surface area (Å²) in [5.74, 6) is 0.435. The molecule has 2 rings (SSSR count). The van der Waals surface area contributed by atoms with Gasteiger partial charge in [0, 0.05) is 5.56 Å². The molecule has 0 saturated carbocycles. The molecule has 0 aromatic heterocycles. The van der Waals surface area contributed by atoms with Crippen LogP contribution in [0.2, 0.25) is 0 Å². The number of rotatable bonds is 3. The van der Waals surface area contributed by atoms with E-state index in [1.165, 1.54) is 19.2 Å². The summed E-state index contributed by atoms with van der Waals surface area (Å²) < 4.78 is 5.13. The van der Waals surface area contributed by atoms with Crippen molar-refractivity contribution in [3.8, 4) is 11.5 Å². The zero-order chi connectivity index (χ0) is 12.3. The minimum Gasteiger partial charge on any atom is -0.508 e. The van der Waals surface area contributed by atoms with Crippen LogP contribution in [0.15, 0.2) is 48.5 Å². The smallest absolute Gasteiger partial charge is 0.196 e. The SMILES string of the molecule is COc1ccccc1C(=O)c1cccc(O)c1. The van der Waals surface area contributed by atoms with E-state index in [9.17, 15) is 9.90 Å². The molecule has 0 unspecified atom stereocenters. The fourth-order valence-electron chi connectivity index (χ4n) is 1.63. The van der Waals surface area contributed by atoms with Crippen LogP contribution in [0.25, 0.3) is 0 Å². The second kappa shape index (κ2) is 4.70. The van der Waals surface area contributed by atoms with Gasteiger partial charge in [-0.2, -0.15) is 0 Å². The van der Waals surface area contributed by atoms with Gasteiger partial charge < -0.3 is 9.84 Å². The molecule has 86 valence electrons. The van der Waals surface area contributed by atoms with Crippen LogP contribution in [0.4, 0.5) is 0 Å². The number of ether oxygens (including phenoxy) is 1. The minimum atomic E-state index is -0.168. The van der Waals surface area contributed by atoms with Crippen LogP contribution in [0.1, 0.15) is 15.9 Å². The van der Waals surface area contributed by atoms with E-state index in [-0.39, 0.29) is 11.5 Å². The lowest BCUT2D eigenvalue weighted by Gasteiger charge is -2.07. The summed E-state index contributed by atoms with van der Waals surface area (Å²) in [5, 5.41) is 9.35. The second-order valence-corrected chi connectivity index (χ2v) is 3.58. The summed E-state index contributed by atoms with van der Waals surface area (Å²) in [7, 11) is 1.52. The predicted octanol–water partition coefficient (Wildman–Crippen LogP) is 2.63. The van der Waals surface area contributed by atoms with E-state index in [1.807, 2.05) is 0 Å². The first-order valence-electron chi connectivity index (χ1n) is 5.19. The maximum absolute atomic E-state index is 12.2. The van der Waals surface area contributed by atoms with Crippen LogP contribution < -0.4 is 4.74 Å². The molecule has 3 nitrogen and oxygen atoms in total. The lowest BCUT2D eigenvalue weighted by Crippen LogP contribution is -2.03. The van der Waals surface area contributed by atoms with E-state index in [4.69, 9.17) is 4.74 Å². The normalized spacial score (nSPS) is 9.94. The first kappa shape index (κ1) is 11.2. The molecule has 0 atom stereocenters. The second-order valence-electron chi connectivity index (χ2n) is 3.58. The molecule has 17 heavy (non-hydrogen) atoms. The summed E-state index contributed by atoms with van der Waals surface area (Å²) in [6, 6.07) is 13.3. The molecule has 0 amide bonds. The van der Waals surface area contributed by atoms with Crippen LogP contribution in [0, 0.1) is 0 Å². The summed E-state index contributed by atoms with van der Waals surface area (Å²) in [4.78, 5) is 12.2. The highest BCUT2D eigenvalue weighted by Gasteiger charge is 2.13. The summed E-state index contributed by atoms with van der Waals surface area (Å²) >= 11 is 0. The molecule has 0 heterocycles. The summed E-state index contributed by atoms with van der Waals surface area (Å²) in [6.45, 7) is 0. The molecule has 0 radical (unpaired) electrons. The molecule has 3 heteroatoms. The van der Waals surface area contributed by atoms with E-state index in [0.717, 1.165) is 0 Å². The Balaban J connectivity index is 2.44. The van der Waals surface area contributed by atoms with E-state index in [2.05, 4.69) is 0 Å². The van der Waals surface area contributed by atoms with Gasteiger partial charge in [-0.15, -0.1) is 0 Å². The molecule has 0 saturated heterocycles. The Bertz CT molecular complexity index is 547. The fourth-order valence-corrected chi connectivity index (χ4v) is 1.63. The number of carbonyl (C=O) groups is 1. The van der Waals surface area contributed by atoms with Crippen molar-refractivity contribution in [3.05, 3.63) is 59.7 Å². The maximum atomic E-state index is 12.2. The maximum Gasteiger partial charge on any atom is 0.196 e. The van der Waals surface area contributed by atoms with Crippen molar-refractivity contribution in [2.24, 2.45) is 0 Å². The molecule has 0 fully saturated rings. The van der Waals surface area contributed by atoms with Crippen molar-refractivity contribution in [1.29, 1.82) is 0 Å². The average molecular weight is 228 g/mol. The topological polar surface area (TPSA) is 46.5 Å². The van der Waals surface area contributed by atoms with E-state index in [0.29, 0.717) is 16.9 Å². The molecule has 2 aromatic rings. The molecular formula is C14H12O3. The third kappa shape index (κ3) is 2.28. The molecule has 0 aliphatic heterocycles. The number of phenols is 1. The predicted molar refractivity (Wildman–Crippen MR) is 64.5 cm³/mol. The van der Waals surface area contributed by atoms with Gasteiger partial charge in [-0.1, -0.05) is 24.3 Å². The van der Waals surface area contributed by atoms with Crippen molar-refractivity contribution in [1.82, 2.24) is 0 Å². The third-order valence-electron chi connectivity index (χ3n) is 2.46. The standard InChI is InChI=1S/C14H12O3/c1-17-13-8-3-2-7-12(13)14(16)10-5-4-6-11(15)9-10/h2-9,15H,1H3. The van der Waals surface area contributed by atoms with Gasteiger partial charge in [-0.05, 0) is 24.3 Å². The van der Waals surface area contributed by atoms with Crippen LogP contribution >= 0.6 is 0 Å². The van der Waals surface area contributed by atoms with Gasteiger partial charge in [0.05, 0.1) is 12.7 Å². The van der Waals surface area contributed by atoms with E-state index < -0.39 is 0 Å². The van der Waals surface area contributed by atoms with Crippen LogP contribution in [0.5, 0.6) is 11.5 Å². The molecule has 0 bridgehead atoms. The number of phenolic OH excluding ortho intramolecular Hbond substituents is 1. The van der Waals surface area contributed by atoms with Crippen LogP contribution in [-0.4, -0.2) is 18.0 Å². The average Bonchev–Trinajstić information content (AvgIpc) is 2.38. The fraction of sp³-hybridized carbons (Fsp3) is 0.0714.